The summed E-state index contributed by atoms with van der Waals surface area (Å²) in [5, 5.41) is 1.20. The van der Waals surface area contributed by atoms with E-state index in [-0.39, 0.29) is 0 Å². The van der Waals surface area contributed by atoms with Crippen molar-refractivity contribution < 1.29 is 0 Å². The molecule has 8 heavy (non-hydrogen) atoms. The van der Waals surface area contributed by atoms with Crippen molar-refractivity contribution in [1.82, 2.24) is 0 Å². The van der Waals surface area contributed by atoms with Crippen LogP contribution in [-0.2, 0) is 0 Å². The van der Waals surface area contributed by atoms with E-state index in [1.807, 2.05) is 18.0 Å². The van der Waals surface area contributed by atoms with E-state index >= 15 is 0 Å². The van der Waals surface area contributed by atoms with Crippen LogP contribution in [0.3, 0.4) is 0 Å². The number of allylic oxidation sites excluding steroid dienone is 1. The SMILES string of the molecule is C1=CC2=CCSC2=N1. The van der Waals surface area contributed by atoms with Crippen LogP contribution in [0.1, 0.15) is 0 Å². The van der Waals surface area contributed by atoms with Crippen molar-refractivity contribution in [2.24, 2.45) is 4.99 Å². The van der Waals surface area contributed by atoms with Gasteiger partial charge in [-0.2, -0.15) is 0 Å². The van der Waals surface area contributed by atoms with Crippen LogP contribution in [0, 0.1) is 0 Å². The Morgan fingerprint density at radius 3 is 3.50 bits per heavy atom. The predicted molar refractivity (Wildman–Crippen MR) is 37.1 cm³/mol. The fourth-order valence-corrected chi connectivity index (χ4v) is 1.69. The Kier molecular flexibility index (Phi) is 0.815. The second-order valence-corrected chi connectivity index (χ2v) is 2.73. The van der Waals surface area contributed by atoms with Gasteiger partial charge in [0.2, 0.25) is 0 Å². The highest BCUT2D eigenvalue weighted by molar-refractivity contribution is 8.15. The number of thioether (sulfide) groups is 1. The van der Waals surface area contributed by atoms with Gasteiger partial charge in [0.1, 0.15) is 5.04 Å². The zero-order chi connectivity index (χ0) is 5.40. The smallest absolute Gasteiger partial charge is 0.103 e. The quantitative estimate of drug-likeness (QED) is 0.476. The van der Waals surface area contributed by atoms with Gasteiger partial charge in [0.05, 0.1) is 0 Å². The van der Waals surface area contributed by atoms with Crippen LogP contribution < -0.4 is 0 Å². The highest BCUT2D eigenvalue weighted by Gasteiger charge is 2.12. The molecule has 0 radical (unpaired) electrons. The maximum atomic E-state index is 4.13. The minimum absolute atomic E-state index is 1.11. The third-order valence-corrected chi connectivity index (χ3v) is 2.16. The number of aliphatic imine (C=N–C) groups is 1. The highest BCUT2D eigenvalue weighted by atomic mass is 32.2. The minimum Gasteiger partial charge on any atom is -0.249 e. The molecule has 0 fully saturated rings. The summed E-state index contributed by atoms with van der Waals surface area (Å²) in [6.07, 6.45) is 6.11. The average molecular weight is 123 g/mol. The van der Waals surface area contributed by atoms with Gasteiger partial charge in [-0.25, -0.2) is 4.99 Å². The summed E-state index contributed by atoms with van der Waals surface area (Å²) in [7, 11) is 0. The number of hydrogen-bond acceptors (Lipinski definition) is 2. The molecule has 2 aliphatic heterocycles. The molecule has 0 atom stereocenters. The lowest BCUT2D eigenvalue weighted by Gasteiger charge is -1.84. The van der Waals surface area contributed by atoms with Gasteiger partial charge in [0.25, 0.3) is 0 Å². The van der Waals surface area contributed by atoms with Crippen LogP contribution in [0.4, 0.5) is 0 Å². The molecule has 2 heterocycles. The lowest BCUT2D eigenvalue weighted by molar-refractivity contribution is 1.64. The van der Waals surface area contributed by atoms with Crippen molar-refractivity contribution in [3.05, 3.63) is 23.9 Å². The van der Waals surface area contributed by atoms with E-state index < -0.39 is 0 Å². The van der Waals surface area contributed by atoms with Crippen molar-refractivity contribution in [3.8, 4) is 0 Å². The molecular formula is C6H5NS. The maximum absolute atomic E-state index is 4.13. The number of hydrogen-bond donors (Lipinski definition) is 0. The fourth-order valence-electron chi connectivity index (χ4n) is 0.817. The predicted octanol–water partition coefficient (Wildman–Crippen LogP) is 1.59. The Morgan fingerprint density at radius 1 is 1.62 bits per heavy atom. The molecular weight excluding hydrogens is 118 g/mol. The van der Waals surface area contributed by atoms with Crippen molar-refractivity contribution >= 4 is 16.8 Å². The molecule has 1 nitrogen and oxygen atoms in total. The molecule has 0 saturated carbocycles. The zero-order valence-electron chi connectivity index (χ0n) is 4.29. The van der Waals surface area contributed by atoms with E-state index in [2.05, 4.69) is 17.1 Å². The van der Waals surface area contributed by atoms with Crippen LogP contribution in [0.25, 0.3) is 0 Å². The molecule has 0 spiro atoms. The molecule has 0 saturated heterocycles. The first-order valence-corrected chi connectivity index (χ1v) is 3.53. The van der Waals surface area contributed by atoms with E-state index in [1.54, 1.807) is 0 Å². The number of rotatable bonds is 0. The molecule has 0 amide bonds. The van der Waals surface area contributed by atoms with Crippen LogP contribution >= 0.6 is 11.8 Å². The van der Waals surface area contributed by atoms with E-state index in [0.29, 0.717) is 0 Å². The van der Waals surface area contributed by atoms with Gasteiger partial charge in [-0.05, 0) is 6.08 Å². The Labute approximate surface area is 52.2 Å². The van der Waals surface area contributed by atoms with Crippen molar-refractivity contribution in [1.29, 1.82) is 0 Å². The number of fused-ring (bicyclic) bond motifs is 1. The molecule has 40 valence electrons. The van der Waals surface area contributed by atoms with Gasteiger partial charge in [0, 0.05) is 17.5 Å². The maximum Gasteiger partial charge on any atom is 0.103 e. The molecule has 2 aliphatic rings. The lowest BCUT2D eigenvalue weighted by Crippen LogP contribution is -1.80. The standard InChI is InChI=1S/C6H5NS/c1-3-7-6-5(1)2-4-8-6/h1-3H,4H2. The first-order chi connectivity index (χ1) is 3.97. The Bertz CT molecular complexity index is 201. The second-order valence-electron chi connectivity index (χ2n) is 1.72. The van der Waals surface area contributed by atoms with Gasteiger partial charge < -0.3 is 0 Å². The van der Waals surface area contributed by atoms with Crippen LogP contribution in [0.5, 0.6) is 0 Å². The number of nitrogens with zero attached hydrogens (tertiary/aromatic N) is 1. The van der Waals surface area contributed by atoms with Crippen LogP contribution in [0.2, 0.25) is 0 Å². The fraction of sp³-hybridized carbons (Fsp3) is 0.167. The molecule has 2 rings (SSSR count). The third-order valence-electron chi connectivity index (χ3n) is 1.22. The molecule has 2 heteroatoms. The lowest BCUT2D eigenvalue weighted by atomic mass is 10.3. The van der Waals surface area contributed by atoms with E-state index in [0.717, 1.165) is 5.75 Å². The van der Waals surface area contributed by atoms with Crippen molar-refractivity contribution in [2.45, 2.75) is 0 Å². The first-order valence-electron chi connectivity index (χ1n) is 2.54. The van der Waals surface area contributed by atoms with Crippen LogP contribution in [-0.4, -0.2) is 10.8 Å². The third kappa shape index (κ3) is 0.464. The molecule has 0 N–H and O–H groups in total. The Hall–Kier alpha value is -0.500. The van der Waals surface area contributed by atoms with Gasteiger partial charge >= 0.3 is 0 Å². The van der Waals surface area contributed by atoms with Crippen molar-refractivity contribution in [2.75, 3.05) is 5.75 Å². The topological polar surface area (TPSA) is 12.4 Å². The van der Waals surface area contributed by atoms with Gasteiger partial charge in [-0.1, -0.05) is 6.08 Å². The average Bonchev–Trinajstić information content (AvgIpc) is 2.15. The highest BCUT2D eigenvalue weighted by Crippen LogP contribution is 2.25. The molecule has 0 unspecified atom stereocenters. The van der Waals surface area contributed by atoms with E-state index in [9.17, 15) is 0 Å². The van der Waals surface area contributed by atoms with Crippen molar-refractivity contribution in [3.63, 3.8) is 0 Å². The minimum atomic E-state index is 1.11. The zero-order valence-corrected chi connectivity index (χ0v) is 5.11. The molecule has 0 aromatic heterocycles. The van der Waals surface area contributed by atoms with Crippen LogP contribution in [0.15, 0.2) is 28.9 Å². The van der Waals surface area contributed by atoms with Gasteiger partial charge in [-0.15, -0.1) is 11.8 Å². The molecule has 0 aromatic rings. The summed E-state index contributed by atoms with van der Waals surface area (Å²) in [6, 6.07) is 0. The first kappa shape index (κ1) is 4.39. The van der Waals surface area contributed by atoms with Gasteiger partial charge in [-0.3, -0.25) is 0 Å². The second kappa shape index (κ2) is 1.49. The largest absolute Gasteiger partial charge is 0.249 e. The summed E-state index contributed by atoms with van der Waals surface area (Å²) >= 11 is 1.81. The molecule has 0 aromatic carbocycles. The van der Waals surface area contributed by atoms with E-state index in [1.165, 1.54) is 10.6 Å². The Balaban J connectivity index is 2.49. The van der Waals surface area contributed by atoms with E-state index in [4.69, 9.17) is 0 Å². The summed E-state index contributed by atoms with van der Waals surface area (Å²) in [4.78, 5) is 4.13. The normalized spacial score (nSPS) is 23.0. The summed E-state index contributed by atoms with van der Waals surface area (Å²) in [5.74, 6) is 1.11. The molecule has 0 bridgehead atoms. The molecule has 0 aliphatic carbocycles. The summed E-state index contributed by atoms with van der Waals surface area (Å²) in [6.45, 7) is 0. The monoisotopic (exact) mass is 123 g/mol. The van der Waals surface area contributed by atoms with Gasteiger partial charge in [0.15, 0.2) is 0 Å². The summed E-state index contributed by atoms with van der Waals surface area (Å²) < 4.78 is 0. The summed E-state index contributed by atoms with van der Waals surface area (Å²) in [5.41, 5.74) is 1.31. The Morgan fingerprint density at radius 2 is 2.62 bits per heavy atom.